The first-order valence-electron chi connectivity index (χ1n) is 8.78. The Kier molecular flexibility index (Phi) is 3.36. The Balaban J connectivity index is 1.40. The van der Waals surface area contributed by atoms with Gasteiger partial charge in [0.15, 0.2) is 0 Å². The van der Waals surface area contributed by atoms with Gasteiger partial charge in [0.05, 0.1) is 17.3 Å². The Morgan fingerprint density at radius 3 is 2.62 bits per heavy atom. The van der Waals surface area contributed by atoms with Crippen LogP contribution in [0, 0.1) is 17.2 Å². The summed E-state index contributed by atoms with van der Waals surface area (Å²) in [5.74, 6) is 0.297. The Morgan fingerprint density at radius 2 is 1.92 bits per heavy atom. The maximum atomic E-state index is 9.05. The normalized spacial score (nSPS) is 32.8. The topological polar surface area (TPSA) is 47.6 Å². The van der Waals surface area contributed by atoms with E-state index in [1.165, 1.54) is 24.0 Å². The van der Waals surface area contributed by atoms with Crippen molar-refractivity contribution in [3.63, 3.8) is 0 Å². The van der Waals surface area contributed by atoms with E-state index in [1.807, 2.05) is 16.9 Å². The molecule has 4 heterocycles. The van der Waals surface area contributed by atoms with E-state index in [0.717, 1.165) is 30.4 Å². The number of nitriles is 1. The van der Waals surface area contributed by atoms with Crippen LogP contribution < -0.4 is 4.90 Å². The van der Waals surface area contributed by atoms with Crippen LogP contribution in [0.15, 0.2) is 29.0 Å². The second kappa shape index (κ2) is 5.47. The Hall–Kier alpha value is -1.58. The van der Waals surface area contributed by atoms with Gasteiger partial charge in [-0.2, -0.15) is 10.4 Å². The van der Waals surface area contributed by atoms with Crippen molar-refractivity contribution in [2.75, 3.05) is 18.0 Å². The fraction of sp³-hybridized carbons (Fsp3) is 0.556. The third-order valence-electron chi connectivity index (χ3n) is 6.05. The third-order valence-corrected chi connectivity index (χ3v) is 6.48. The molecule has 5 nitrogen and oxygen atoms in total. The summed E-state index contributed by atoms with van der Waals surface area (Å²) >= 11 is 3.56. The largest absolute Gasteiger partial charge is 0.367 e. The zero-order valence-corrected chi connectivity index (χ0v) is 15.1. The summed E-state index contributed by atoms with van der Waals surface area (Å²) in [4.78, 5) is 5.29. The number of fused-ring (bicyclic) bond motifs is 3. The lowest BCUT2D eigenvalue weighted by Crippen LogP contribution is -2.60. The molecule has 2 bridgehead atoms. The highest BCUT2D eigenvalue weighted by Gasteiger charge is 2.47. The summed E-state index contributed by atoms with van der Waals surface area (Å²) in [5.41, 5.74) is 2.46. The lowest BCUT2D eigenvalue weighted by atomic mass is 9.79. The van der Waals surface area contributed by atoms with Crippen molar-refractivity contribution in [1.82, 2.24) is 14.5 Å². The molecule has 2 atom stereocenters. The van der Waals surface area contributed by atoms with E-state index >= 15 is 0 Å². The minimum Gasteiger partial charge on any atom is -0.367 e. The van der Waals surface area contributed by atoms with E-state index in [4.69, 9.17) is 5.26 Å². The molecule has 0 radical (unpaired) electrons. The zero-order valence-electron chi connectivity index (χ0n) is 13.5. The van der Waals surface area contributed by atoms with Gasteiger partial charge >= 0.3 is 0 Å². The van der Waals surface area contributed by atoms with Crippen molar-refractivity contribution < 1.29 is 0 Å². The molecule has 2 aromatic heterocycles. The first kappa shape index (κ1) is 14.7. The number of rotatable bonds is 2. The smallest absolute Gasteiger partial charge is 0.0891 e. The molecule has 24 heavy (non-hydrogen) atoms. The molecule has 2 aromatic rings. The van der Waals surface area contributed by atoms with Gasteiger partial charge in [0.25, 0.3) is 0 Å². The number of anilines is 1. The molecule has 124 valence electrons. The molecular weight excluding hydrogens is 366 g/mol. The van der Waals surface area contributed by atoms with Crippen molar-refractivity contribution in [3.05, 3.63) is 29.0 Å². The van der Waals surface area contributed by atoms with Gasteiger partial charge in [-0.1, -0.05) is 0 Å². The number of aromatic nitrogens is 2. The summed E-state index contributed by atoms with van der Waals surface area (Å²) in [6.45, 7) is 2.18. The maximum absolute atomic E-state index is 9.05. The lowest BCUT2D eigenvalue weighted by molar-refractivity contribution is 0.0439. The van der Waals surface area contributed by atoms with Gasteiger partial charge in [0.1, 0.15) is 0 Å². The number of piperazine rings is 1. The predicted octanol–water partition coefficient (Wildman–Crippen LogP) is 3.05. The van der Waals surface area contributed by atoms with Crippen LogP contribution in [-0.2, 0) is 0 Å². The number of nitrogens with zero attached hydrogens (tertiary/aromatic N) is 5. The molecule has 3 aliphatic rings. The predicted molar refractivity (Wildman–Crippen MR) is 95.9 cm³/mol. The summed E-state index contributed by atoms with van der Waals surface area (Å²) < 4.78 is 3.03. The Labute approximate surface area is 150 Å². The molecule has 0 spiro atoms. The van der Waals surface area contributed by atoms with Crippen molar-refractivity contribution >= 4 is 27.1 Å². The monoisotopic (exact) mass is 385 g/mol. The van der Waals surface area contributed by atoms with Crippen molar-refractivity contribution in [2.45, 2.75) is 43.8 Å². The van der Waals surface area contributed by atoms with Crippen LogP contribution in [-0.4, -0.2) is 45.7 Å². The molecule has 1 aliphatic carbocycles. The minimum absolute atomic E-state index is 0.297. The van der Waals surface area contributed by atoms with Gasteiger partial charge in [0.2, 0.25) is 0 Å². The molecule has 2 aliphatic heterocycles. The lowest BCUT2D eigenvalue weighted by Gasteiger charge is -2.49. The van der Waals surface area contributed by atoms with E-state index in [2.05, 4.69) is 49.0 Å². The fourth-order valence-electron chi connectivity index (χ4n) is 4.90. The fourth-order valence-corrected chi connectivity index (χ4v) is 5.31. The van der Waals surface area contributed by atoms with E-state index in [0.29, 0.717) is 24.0 Å². The second-order valence-electron chi connectivity index (χ2n) is 7.39. The average molecular weight is 386 g/mol. The van der Waals surface area contributed by atoms with Crippen molar-refractivity contribution in [3.8, 4) is 6.07 Å². The van der Waals surface area contributed by atoms with Crippen molar-refractivity contribution in [2.24, 2.45) is 5.92 Å². The van der Waals surface area contributed by atoms with Crippen molar-refractivity contribution in [1.29, 1.82) is 5.26 Å². The van der Waals surface area contributed by atoms with Gasteiger partial charge in [-0.3, -0.25) is 4.90 Å². The van der Waals surface area contributed by atoms with Crippen LogP contribution >= 0.6 is 15.9 Å². The summed E-state index contributed by atoms with van der Waals surface area (Å²) in [6.07, 6.45) is 8.65. The van der Waals surface area contributed by atoms with E-state index in [-0.39, 0.29) is 0 Å². The highest BCUT2D eigenvalue weighted by molar-refractivity contribution is 9.10. The molecule has 6 heteroatoms. The van der Waals surface area contributed by atoms with Crippen LogP contribution in [0.4, 0.5) is 5.69 Å². The summed E-state index contributed by atoms with van der Waals surface area (Å²) in [6, 6.07) is 8.65. The first-order chi connectivity index (χ1) is 11.7. The molecule has 0 N–H and O–H groups in total. The molecule has 1 saturated carbocycles. The van der Waals surface area contributed by atoms with Crippen LogP contribution in [0.5, 0.6) is 0 Å². The van der Waals surface area contributed by atoms with Gasteiger partial charge in [0, 0.05) is 54.0 Å². The maximum Gasteiger partial charge on any atom is 0.0891 e. The van der Waals surface area contributed by atoms with Crippen LogP contribution in [0.1, 0.15) is 25.7 Å². The van der Waals surface area contributed by atoms with E-state index in [1.54, 1.807) is 0 Å². The molecule has 0 aromatic carbocycles. The summed E-state index contributed by atoms with van der Waals surface area (Å²) in [5, 5.41) is 13.5. The van der Waals surface area contributed by atoms with E-state index < -0.39 is 0 Å². The average Bonchev–Trinajstić information content (AvgIpc) is 3.02. The highest BCUT2D eigenvalue weighted by Crippen LogP contribution is 2.42. The van der Waals surface area contributed by atoms with Gasteiger partial charge in [-0.25, -0.2) is 4.52 Å². The second-order valence-corrected chi connectivity index (χ2v) is 8.31. The quantitative estimate of drug-likeness (QED) is 0.796. The van der Waals surface area contributed by atoms with Gasteiger partial charge < -0.3 is 4.90 Å². The van der Waals surface area contributed by atoms with E-state index in [9.17, 15) is 0 Å². The highest BCUT2D eigenvalue weighted by atomic mass is 79.9. The minimum atomic E-state index is 0.297. The molecule has 2 saturated heterocycles. The zero-order chi connectivity index (χ0) is 16.3. The molecule has 0 amide bonds. The Morgan fingerprint density at radius 1 is 1.17 bits per heavy atom. The number of halogens is 1. The van der Waals surface area contributed by atoms with Crippen LogP contribution in [0.3, 0.4) is 0 Å². The Bertz CT molecular complexity index is 804. The van der Waals surface area contributed by atoms with Gasteiger partial charge in [-0.05, 0) is 53.7 Å². The van der Waals surface area contributed by atoms with Gasteiger partial charge in [-0.15, -0.1) is 0 Å². The number of hydrogen-bond donors (Lipinski definition) is 0. The molecular formula is C18H20BrN5. The molecule has 5 rings (SSSR count). The first-order valence-corrected chi connectivity index (χ1v) is 9.57. The number of hydrogen-bond acceptors (Lipinski definition) is 4. The SMILES string of the molecule is N#CC1CC(N2[C@H]3CC[C@H]2CN(c2ccnn4cc(Br)cc24)C3)C1. The van der Waals surface area contributed by atoms with Crippen LogP contribution in [0.25, 0.3) is 5.52 Å². The summed E-state index contributed by atoms with van der Waals surface area (Å²) in [7, 11) is 0. The molecule has 3 fully saturated rings. The van der Waals surface area contributed by atoms with Crippen LogP contribution in [0.2, 0.25) is 0 Å². The third kappa shape index (κ3) is 2.18. The standard InChI is InChI=1S/C18H20BrN5/c19-13-7-18-17(3-4-21-23(18)9-13)22-10-14-1-2-15(11-22)24(14)16-5-12(6-16)8-20/h3-4,7,9,12,14-16H,1-2,5-6,10-11H2/t12?,14-,15-,16?/m0/s1. The molecule has 0 unspecified atom stereocenters.